The second-order valence-electron chi connectivity index (χ2n) is 5.59. The molecule has 0 unspecified atom stereocenters. The van der Waals surface area contributed by atoms with Gasteiger partial charge >= 0.3 is 0 Å². The van der Waals surface area contributed by atoms with Crippen LogP contribution in [0.5, 0.6) is 17.2 Å². The minimum absolute atomic E-state index is 0.0710. The summed E-state index contributed by atoms with van der Waals surface area (Å²) in [5.74, 6) is 1.05. The first-order valence-corrected chi connectivity index (χ1v) is 9.37. The van der Waals surface area contributed by atoms with Crippen LogP contribution in [0.3, 0.4) is 0 Å². The normalized spacial score (nSPS) is 11.1. The first-order chi connectivity index (χ1) is 12.8. The fraction of sp³-hybridized carbons (Fsp3) is 0.278. The topological polar surface area (TPSA) is 94.2 Å². The van der Waals surface area contributed by atoms with E-state index in [-0.39, 0.29) is 11.4 Å². The van der Waals surface area contributed by atoms with E-state index in [1.165, 1.54) is 40.5 Å². The van der Waals surface area contributed by atoms with Crippen LogP contribution in [0.1, 0.15) is 0 Å². The number of benzene rings is 2. The van der Waals surface area contributed by atoms with Crippen molar-refractivity contribution in [1.29, 1.82) is 0 Å². The summed E-state index contributed by atoms with van der Waals surface area (Å²) in [6.45, 7) is -0.353. The van der Waals surface area contributed by atoms with E-state index in [0.717, 1.165) is 4.31 Å². The molecule has 2 rings (SSSR count). The lowest BCUT2D eigenvalue weighted by atomic mass is 10.2. The molecule has 0 bridgehead atoms. The van der Waals surface area contributed by atoms with Crippen LogP contribution < -0.4 is 19.5 Å². The molecule has 0 aliphatic rings. The van der Waals surface area contributed by atoms with E-state index in [9.17, 15) is 13.2 Å². The maximum atomic E-state index is 12.6. The summed E-state index contributed by atoms with van der Waals surface area (Å²) >= 11 is 0. The summed E-state index contributed by atoms with van der Waals surface area (Å²) in [5.41, 5.74) is 0.437. The predicted octanol–water partition coefficient (Wildman–Crippen LogP) is 1.97. The number of anilines is 1. The molecule has 27 heavy (non-hydrogen) atoms. The Morgan fingerprint density at radius 3 is 1.93 bits per heavy atom. The molecular weight excluding hydrogens is 372 g/mol. The third-order valence-corrected chi connectivity index (χ3v) is 5.59. The molecule has 0 radical (unpaired) electrons. The Balaban J connectivity index is 2.10. The molecule has 2 aromatic rings. The van der Waals surface area contributed by atoms with Crippen molar-refractivity contribution in [3.63, 3.8) is 0 Å². The van der Waals surface area contributed by atoms with Crippen LogP contribution in [0, 0.1) is 0 Å². The zero-order chi connectivity index (χ0) is 20.0. The Kier molecular flexibility index (Phi) is 6.65. The first-order valence-electron chi connectivity index (χ1n) is 7.93. The fourth-order valence-corrected chi connectivity index (χ4v) is 3.42. The van der Waals surface area contributed by atoms with Gasteiger partial charge in [0.15, 0.2) is 0 Å². The van der Waals surface area contributed by atoms with Crippen molar-refractivity contribution in [3.8, 4) is 17.2 Å². The number of nitrogens with one attached hydrogen (secondary N) is 1. The second-order valence-corrected chi connectivity index (χ2v) is 7.63. The van der Waals surface area contributed by atoms with E-state index in [1.54, 1.807) is 30.3 Å². The summed E-state index contributed by atoms with van der Waals surface area (Å²) < 4.78 is 41.4. The van der Waals surface area contributed by atoms with Crippen LogP contribution >= 0.6 is 0 Å². The number of hydrogen-bond donors (Lipinski definition) is 1. The van der Waals surface area contributed by atoms with Crippen LogP contribution in [-0.2, 0) is 14.8 Å². The van der Waals surface area contributed by atoms with Crippen molar-refractivity contribution in [2.24, 2.45) is 0 Å². The van der Waals surface area contributed by atoms with Crippen molar-refractivity contribution in [2.75, 3.05) is 40.2 Å². The van der Waals surface area contributed by atoms with Crippen LogP contribution in [0.2, 0.25) is 0 Å². The van der Waals surface area contributed by atoms with Crippen LogP contribution in [0.25, 0.3) is 0 Å². The lowest BCUT2D eigenvalue weighted by molar-refractivity contribution is -0.116. The number of methoxy groups -OCH3 is 3. The van der Waals surface area contributed by atoms with Gasteiger partial charge in [-0.1, -0.05) is 0 Å². The SMILES string of the molecule is COc1ccc(S(=O)(=O)N(C)CC(=O)Nc2cc(OC)cc(OC)c2)cc1. The van der Waals surface area contributed by atoms with Gasteiger partial charge in [0, 0.05) is 30.9 Å². The van der Waals surface area contributed by atoms with Gasteiger partial charge in [0.1, 0.15) is 17.2 Å². The van der Waals surface area contributed by atoms with Crippen LogP contribution in [-0.4, -0.2) is 53.6 Å². The average Bonchev–Trinajstić information content (AvgIpc) is 2.67. The molecule has 0 saturated heterocycles. The number of hydrogen-bond acceptors (Lipinski definition) is 6. The molecule has 0 aromatic heterocycles. The third-order valence-electron chi connectivity index (χ3n) is 3.77. The molecule has 9 heteroatoms. The van der Waals surface area contributed by atoms with E-state index in [0.29, 0.717) is 22.9 Å². The van der Waals surface area contributed by atoms with E-state index < -0.39 is 15.9 Å². The largest absolute Gasteiger partial charge is 0.497 e. The molecule has 0 fully saturated rings. The van der Waals surface area contributed by atoms with Gasteiger partial charge in [0.25, 0.3) is 0 Å². The molecule has 0 heterocycles. The molecule has 0 saturated carbocycles. The second kappa shape index (κ2) is 8.74. The van der Waals surface area contributed by atoms with Crippen molar-refractivity contribution >= 4 is 21.6 Å². The molecule has 0 aliphatic heterocycles. The highest BCUT2D eigenvalue weighted by atomic mass is 32.2. The standard InChI is InChI=1S/C18H22N2O6S/c1-20(27(22,23)17-7-5-14(24-2)6-8-17)12-18(21)19-13-9-15(25-3)11-16(10-13)26-4/h5-11H,12H2,1-4H3,(H,19,21). The van der Waals surface area contributed by atoms with Crippen molar-refractivity contribution in [2.45, 2.75) is 4.90 Å². The van der Waals surface area contributed by atoms with Crippen molar-refractivity contribution < 1.29 is 27.4 Å². The molecule has 0 aliphatic carbocycles. The van der Waals surface area contributed by atoms with Gasteiger partial charge < -0.3 is 19.5 Å². The highest BCUT2D eigenvalue weighted by molar-refractivity contribution is 7.89. The molecule has 0 spiro atoms. The number of amides is 1. The summed E-state index contributed by atoms with van der Waals surface area (Å²) in [6.07, 6.45) is 0. The van der Waals surface area contributed by atoms with Gasteiger partial charge in [-0.05, 0) is 24.3 Å². The highest BCUT2D eigenvalue weighted by Crippen LogP contribution is 2.26. The van der Waals surface area contributed by atoms with E-state index in [2.05, 4.69) is 5.32 Å². The smallest absolute Gasteiger partial charge is 0.243 e. The minimum Gasteiger partial charge on any atom is -0.497 e. The molecule has 2 aromatic carbocycles. The van der Waals surface area contributed by atoms with Crippen molar-refractivity contribution in [1.82, 2.24) is 4.31 Å². The van der Waals surface area contributed by atoms with Gasteiger partial charge in [-0.25, -0.2) is 8.42 Å². The predicted molar refractivity (Wildman–Crippen MR) is 101 cm³/mol. The summed E-state index contributed by atoms with van der Waals surface area (Å²) in [4.78, 5) is 12.4. The van der Waals surface area contributed by atoms with E-state index >= 15 is 0 Å². The summed E-state index contributed by atoms with van der Waals surface area (Å²) in [7, 11) is 2.01. The van der Waals surface area contributed by atoms with Gasteiger partial charge in [0.05, 0.1) is 32.8 Å². The number of ether oxygens (including phenoxy) is 3. The van der Waals surface area contributed by atoms with Gasteiger partial charge in [-0.3, -0.25) is 4.79 Å². The van der Waals surface area contributed by atoms with E-state index in [1.807, 2.05) is 0 Å². The number of carbonyl (C=O) groups is 1. The van der Waals surface area contributed by atoms with Gasteiger partial charge in [-0.2, -0.15) is 4.31 Å². The third kappa shape index (κ3) is 5.11. The van der Waals surface area contributed by atoms with Crippen LogP contribution in [0.4, 0.5) is 5.69 Å². The lowest BCUT2D eigenvalue weighted by Gasteiger charge is -2.17. The Morgan fingerprint density at radius 1 is 0.926 bits per heavy atom. The molecule has 1 amide bonds. The molecule has 8 nitrogen and oxygen atoms in total. The molecule has 146 valence electrons. The quantitative estimate of drug-likeness (QED) is 0.736. The average molecular weight is 394 g/mol. The van der Waals surface area contributed by atoms with Gasteiger partial charge in [-0.15, -0.1) is 0 Å². The minimum atomic E-state index is -3.81. The summed E-state index contributed by atoms with van der Waals surface area (Å²) in [6, 6.07) is 10.8. The fourth-order valence-electron chi connectivity index (χ4n) is 2.29. The van der Waals surface area contributed by atoms with Gasteiger partial charge in [0.2, 0.25) is 15.9 Å². The number of carbonyl (C=O) groups excluding carboxylic acids is 1. The zero-order valence-corrected chi connectivity index (χ0v) is 16.4. The summed E-state index contributed by atoms with van der Waals surface area (Å²) in [5, 5.41) is 2.64. The van der Waals surface area contributed by atoms with Crippen LogP contribution in [0.15, 0.2) is 47.4 Å². The van der Waals surface area contributed by atoms with Crippen molar-refractivity contribution in [3.05, 3.63) is 42.5 Å². The Labute approximate surface area is 158 Å². The monoisotopic (exact) mass is 394 g/mol. The first kappa shape index (κ1) is 20.5. The number of rotatable bonds is 8. The molecule has 1 N–H and O–H groups in total. The maximum absolute atomic E-state index is 12.6. The molecule has 0 atom stereocenters. The van der Waals surface area contributed by atoms with E-state index in [4.69, 9.17) is 14.2 Å². The Morgan fingerprint density at radius 2 is 1.44 bits per heavy atom. The highest BCUT2D eigenvalue weighted by Gasteiger charge is 2.23. The number of nitrogens with zero attached hydrogens (tertiary/aromatic N) is 1. The Hall–Kier alpha value is -2.78. The zero-order valence-electron chi connectivity index (χ0n) is 15.6. The maximum Gasteiger partial charge on any atom is 0.243 e. The number of sulfonamides is 1. The Bertz CT molecular complexity index is 874. The number of likely N-dealkylation sites (N-methyl/N-ethyl adjacent to an activating group) is 1. The molecular formula is C18H22N2O6S. The lowest BCUT2D eigenvalue weighted by Crippen LogP contribution is -2.34.